The van der Waals surface area contributed by atoms with Gasteiger partial charge in [-0.25, -0.2) is 0 Å². The highest BCUT2D eigenvalue weighted by Gasteiger charge is 2.36. The van der Waals surface area contributed by atoms with Crippen LogP contribution in [-0.2, 0) is 13.2 Å². The van der Waals surface area contributed by atoms with Gasteiger partial charge < -0.3 is 4.74 Å². The number of benzene rings is 1. The molecule has 0 radical (unpaired) electrons. The van der Waals surface area contributed by atoms with E-state index in [0.29, 0.717) is 10.9 Å². The topological polar surface area (TPSA) is 76.6 Å². The predicted octanol–water partition coefficient (Wildman–Crippen LogP) is 4.98. The van der Waals surface area contributed by atoms with E-state index >= 15 is 0 Å². The number of allylic oxidation sites excluding steroid dienone is 1. The number of aryl methyl sites for hydroxylation is 2. The first-order valence-electron chi connectivity index (χ1n) is 7.94. The Morgan fingerprint density at radius 2 is 2.00 bits per heavy atom. The van der Waals surface area contributed by atoms with E-state index in [9.17, 15) is 13.2 Å². The lowest BCUT2D eigenvalue weighted by Gasteiger charge is -2.19. The van der Waals surface area contributed by atoms with Crippen LogP contribution in [0.15, 0.2) is 18.3 Å². The molecule has 6 nitrogen and oxygen atoms in total. The fraction of sp³-hybridized carbons (Fsp3) is 0.222. The number of alkyl halides is 3. The van der Waals surface area contributed by atoms with Crippen LogP contribution < -0.4 is 4.74 Å². The Balaban J connectivity index is 2.21. The lowest BCUT2D eigenvalue weighted by Crippen LogP contribution is -2.12. The highest BCUT2D eigenvalue weighted by atomic mass is 35.5. The van der Waals surface area contributed by atoms with Crippen molar-refractivity contribution in [3.05, 3.63) is 45.9 Å². The Morgan fingerprint density at radius 1 is 1.29 bits per heavy atom. The second kappa shape index (κ2) is 7.13. The van der Waals surface area contributed by atoms with Crippen LogP contribution in [-0.4, -0.2) is 19.7 Å². The van der Waals surface area contributed by atoms with Crippen LogP contribution in [0.2, 0.25) is 5.28 Å². The summed E-state index contributed by atoms with van der Waals surface area (Å²) in [4.78, 5) is 7.97. The van der Waals surface area contributed by atoms with Gasteiger partial charge in [-0.15, -0.1) is 0 Å². The van der Waals surface area contributed by atoms with E-state index in [4.69, 9.17) is 21.6 Å². The highest BCUT2D eigenvalue weighted by molar-refractivity contribution is 6.28. The molecular formula is C18H13ClF3N5O. The minimum absolute atomic E-state index is 0.00125. The minimum atomic E-state index is -4.64. The summed E-state index contributed by atoms with van der Waals surface area (Å²) in [5.74, 6) is 0.00379. The van der Waals surface area contributed by atoms with E-state index in [1.54, 1.807) is 26.2 Å². The lowest BCUT2D eigenvalue weighted by molar-refractivity contribution is -0.138. The Hall–Kier alpha value is -3.12. The number of halogens is 4. The van der Waals surface area contributed by atoms with Crippen molar-refractivity contribution < 1.29 is 17.9 Å². The number of aromatic nitrogens is 4. The third-order valence-corrected chi connectivity index (χ3v) is 4.15. The summed E-state index contributed by atoms with van der Waals surface area (Å²) in [6.07, 6.45) is -0.945. The van der Waals surface area contributed by atoms with Gasteiger partial charge in [-0.2, -0.15) is 33.5 Å². The molecule has 0 aliphatic rings. The fourth-order valence-electron chi connectivity index (χ4n) is 2.93. The standard InChI is InChI=1S/C18H13ClF3N5O/c1-9-7-11(5-4-6-23)13(18(20,21)22)10(2)14(9)28-16-12-8-27(3)26-15(12)24-17(19)25-16/h4-5,7-8H,1-3H3/b5-4+. The lowest BCUT2D eigenvalue weighted by atomic mass is 9.96. The Labute approximate surface area is 162 Å². The van der Waals surface area contributed by atoms with Gasteiger partial charge in [0.1, 0.15) is 11.1 Å². The molecule has 3 rings (SSSR count). The molecule has 0 saturated carbocycles. The zero-order valence-electron chi connectivity index (χ0n) is 15.0. The van der Waals surface area contributed by atoms with E-state index in [1.807, 2.05) is 0 Å². The first kappa shape index (κ1) is 19.6. The van der Waals surface area contributed by atoms with Crippen molar-refractivity contribution in [2.24, 2.45) is 7.05 Å². The summed E-state index contributed by atoms with van der Waals surface area (Å²) in [6, 6.07) is 3.00. The molecule has 0 fully saturated rings. The average Bonchev–Trinajstić information content (AvgIpc) is 2.95. The third-order valence-electron chi connectivity index (χ3n) is 3.99. The van der Waals surface area contributed by atoms with Gasteiger partial charge in [0, 0.05) is 24.9 Å². The highest BCUT2D eigenvalue weighted by Crippen LogP contribution is 2.42. The number of hydrogen-bond donors (Lipinski definition) is 0. The first-order chi connectivity index (χ1) is 13.1. The number of nitrogens with zero attached hydrogens (tertiary/aromatic N) is 5. The molecule has 3 aromatic rings. The van der Waals surface area contributed by atoms with Gasteiger partial charge in [0.05, 0.1) is 11.6 Å². The monoisotopic (exact) mass is 407 g/mol. The van der Waals surface area contributed by atoms with Gasteiger partial charge in [0.2, 0.25) is 11.2 Å². The normalized spacial score (nSPS) is 11.9. The number of nitriles is 1. The van der Waals surface area contributed by atoms with E-state index in [-0.39, 0.29) is 33.7 Å². The molecule has 144 valence electrons. The van der Waals surface area contributed by atoms with Crippen molar-refractivity contribution in [2.75, 3.05) is 0 Å². The molecule has 0 aliphatic heterocycles. The summed E-state index contributed by atoms with van der Waals surface area (Å²) in [6.45, 7) is 2.91. The summed E-state index contributed by atoms with van der Waals surface area (Å²) < 4.78 is 48.3. The number of fused-ring (bicyclic) bond motifs is 1. The summed E-state index contributed by atoms with van der Waals surface area (Å²) in [5.41, 5.74) is -0.435. The van der Waals surface area contributed by atoms with Crippen molar-refractivity contribution in [1.82, 2.24) is 19.7 Å². The minimum Gasteiger partial charge on any atom is -0.438 e. The summed E-state index contributed by atoms with van der Waals surface area (Å²) >= 11 is 5.89. The molecule has 0 N–H and O–H groups in total. The smallest absolute Gasteiger partial charge is 0.417 e. The second-order valence-electron chi connectivity index (χ2n) is 6.01. The molecule has 2 aromatic heterocycles. The molecule has 0 amide bonds. The van der Waals surface area contributed by atoms with Gasteiger partial charge in [0.15, 0.2) is 5.65 Å². The van der Waals surface area contributed by atoms with Gasteiger partial charge in [-0.05, 0) is 48.7 Å². The van der Waals surface area contributed by atoms with Crippen LogP contribution >= 0.6 is 11.6 Å². The molecular weight excluding hydrogens is 395 g/mol. The molecule has 0 spiro atoms. The maximum Gasteiger partial charge on any atom is 0.417 e. The average molecular weight is 408 g/mol. The van der Waals surface area contributed by atoms with Gasteiger partial charge in [-0.1, -0.05) is 0 Å². The van der Waals surface area contributed by atoms with E-state index in [0.717, 1.165) is 12.2 Å². The molecule has 0 saturated heterocycles. The van der Waals surface area contributed by atoms with Crippen molar-refractivity contribution in [3.8, 4) is 17.7 Å². The van der Waals surface area contributed by atoms with Crippen molar-refractivity contribution in [2.45, 2.75) is 20.0 Å². The molecule has 0 atom stereocenters. The third kappa shape index (κ3) is 3.64. The summed E-state index contributed by atoms with van der Waals surface area (Å²) in [5, 5.41) is 13.0. The Kier molecular flexibility index (Phi) is 5.00. The predicted molar refractivity (Wildman–Crippen MR) is 97.0 cm³/mol. The molecule has 10 heteroatoms. The number of ether oxygens (including phenoxy) is 1. The van der Waals surface area contributed by atoms with Crippen LogP contribution in [0.1, 0.15) is 22.3 Å². The number of rotatable bonds is 3. The quantitative estimate of drug-likeness (QED) is 0.452. The first-order valence-corrected chi connectivity index (χ1v) is 8.32. The zero-order valence-corrected chi connectivity index (χ0v) is 15.7. The van der Waals surface area contributed by atoms with Crippen LogP contribution in [0.3, 0.4) is 0 Å². The van der Waals surface area contributed by atoms with Crippen LogP contribution in [0.4, 0.5) is 13.2 Å². The molecule has 0 aliphatic carbocycles. The molecule has 2 heterocycles. The Morgan fingerprint density at radius 3 is 2.64 bits per heavy atom. The van der Waals surface area contributed by atoms with E-state index in [1.165, 1.54) is 17.7 Å². The van der Waals surface area contributed by atoms with E-state index in [2.05, 4.69) is 15.1 Å². The van der Waals surface area contributed by atoms with Crippen molar-refractivity contribution in [1.29, 1.82) is 5.26 Å². The van der Waals surface area contributed by atoms with Crippen LogP contribution in [0.25, 0.3) is 17.1 Å². The second-order valence-corrected chi connectivity index (χ2v) is 6.35. The van der Waals surface area contributed by atoms with Crippen molar-refractivity contribution >= 4 is 28.7 Å². The van der Waals surface area contributed by atoms with Crippen LogP contribution in [0, 0.1) is 25.2 Å². The maximum absolute atomic E-state index is 13.7. The van der Waals surface area contributed by atoms with Gasteiger partial charge in [-0.3, -0.25) is 4.68 Å². The van der Waals surface area contributed by atoms with Crippen molar-refractivity contribution in [3.63, 3.8) is 0 Å². The van der Waals surface area contributed by atoms with E-state index < -0.39 is 11.7 Å². The zero-order chi connectivity index (χ0) is 20.6. The molecule has 28 heavy (non-hydrogen) atoms. The molecule has 1 aromatic carbocycles. The summed E-state index contributed by atoms with van der Waals surface area (Å²) in [7, 11) is 1.66. The van der Waals surface area contributed by atoms with Crippen LogP contribution in [0.5, 0.6) is 11.6 Å². The fourth-order valence-corrected chi connectivity index (χ4v) is 3.09. The largest absolute Gasteiger partial charge is 0.438 e. The van der Waals surface area contributed by atoms with Gasteiger partial charge in [0.25, 0.3) is 0 Å². The SMILES string of the molecule is Cc1cc(/C=C/C#N)c(C(F)(F)F)c(C)c1Oc1nc(Cl)nc2nn(C)cc12. The van der Waals surface area contributed by atoms with Gasteiger partial charge >= 0.3 is 6.18 Å². The molecule has 0 unspecified atom stereocenters. The molecule has 0 bridgehead atoms. The maximum atomic E-state index is 13.7. The number of hydrogen-bond acceptors (Lipinski definition) is 5. The Bertz CT molecular complexity index is 1150.